The van der Waals surface area contributed by atoms with Gasteiger partial charge < -0.3 is 19.6 Å². The highest BCUT2D eigenvalue weighted by molar-refractivity contribution is 5.76. The van der Waals surface area contributed by atoms with E-state index in [0.29, 0.717) is 13.1 Å². The molecular formula is C14H21NO4. The van der Waals surface area contributed by atoms with Crippen LogP contribution >= 0.6 is 0 Å². The number of hydrogen-bond acceptors (Lipinski definition) is 4. The molecule has 0 bridgehead atoms. The zero-order valence-corrected chi connectivity index (χ0v) is 11.7. The van der Waals surface area contributed by atoms with Crippen LogP contribution < -0.4 is 5.32 Å². The molecule has 1 aliphatic heterocycles. The Balaban J connectivity index is 1.90. The number of nitrogens with one attached hydrogen (secondary N) is 1. The highest BCUT2D eigenvalue weighted by Crippen LogP contribution is 2.28. The van der Waals surface area contributed by atoms with Crippen molar-refractivity contribution in [2.24, 2.45) is 5.41 Å². The summed E-state index contributed by atoms with van der Waals surface area (Å²) in [5.74, 6) is 1.00. The van der Waals surface area contributed by atoms with E-state index in [4.69, 9.17) is 9.15 Å². The number of ether oxygens (including phenoxy) is 1. The van der Waals surface area contributed by atoms with Crippen LogP contribution in [0.1, 0.15) is 25.4 Å². The Morgan fingerprint density at radius 1 is 1.47 bits per heavy atom. The molecule has 0 saturated carbocycles. The van der Waals surface area contributed by atoms with E-state index in [-0.39, 0.29) is 18.6 Å². The average Bonchev–Trinajstić information content (AvgIpc) is 2.69. The number of aryl methyl sites for hydroxylation is 1. The van der Waals surface area contributed by atoms with Crippen LogP contribution in [-0.4, -0.2) is 37.4 Å². The molecule has 0 radical (unpaired) electrons. The lowest BCUT2D eigenvalue weighted by Gasteiger charge is -2.38. The fourth-order valence-electron chi connectivity index (χ4n) is 2.15. The standard InChI is InChI=1S/C14H21NO4/c1-10-4-5-11(19-10)13(2,3)6-15-7-14(12(16)17)8-18-9-14/h4-5,15H,6-9H2,1-3H3,(H,16,17). The summed E-state index contributed by atoms with van der Waals surface area (Å²) in [6.07, 6.45) is 0. The minimum atomic E-state index is -0.794. The smallest absolute Gasteiger partial charge is 0.315 e. The summed E-state index contributed by atoms with van der Waals surface area (Å²) in [6, 6.07) is 3.91. The third kappa shape index (κ3) is 2.82. The first-order valence-electron chi connectivity index (χ1n) is 6.45. The van der Waals surface area contributed by atoms with E-state index in [0.717, 1.165) is 11.5 Å². The Morgan fingerprint density at radius 3 is 2.58 bits per heavy atom. The van der Waals surface area contributed by atoms with Crippen LogP contribution in [0.15, 0.2) is 16.5 Å². The third-order valence-electron chi connectivity index (χ3n) is 3.65. The number of carboxylic acid groups (broad SMARTS) is 1. The van der Waals surface area contributed by atoms with E-state index in [9.17, 15) is 9.90 Å². The third-order valence-corrected chi connectivity index (χ3v) is 3.65. The summed E-state index contributed by atoms with van der Waals surface area (Å²) in [5, 5.41) is 12.4. The van der Waals surface area contributed by atoms with Gasteiger partial charge in [0.25, 0.3) is 0 Å². The molecule has 1 fully saturated rings. The lowest BCUT2D eigenvalue weighted by atomic mass is 9.85. The SMILES string of the molecule is Cc1ccc(C(C)(C)CNCC2(C(=O)O)COC2)o1. The van der Waals surface area contributed by atoms with Gasteiger partial charge in [0.1, 0.15) is 16.9 Å². The van der Waals surface area contributed by atoms with Crippen molar-refractivity contribution in [2.45, 2.75) is 26.2 Å². The fraction of sp³-hybridized carbons (Fsp3) is 0.643. The van der Waals surface area contributed by atoms with Crippen LogP contribution in [-0.2, 0) is 14.9 Å². The lowest BCUT2D eigenvalue weighted by molar-refractivity contribution is -0.178. The van der Waals surface area contributed by atoms with Gasteiger partial charge in [-0.1, -0.05) is 13.8 Å². The molecule has 2 N–H and O–H groups in total. The monoisotopic (exact) mass is 267 g/mol. The summed E-state index contributed by atoms with van der Waals surface area (Å²) in [6.45, 7) is 7.72. The highest BCUT2D eigenvalue weighted by Gasteiger charge is 2.46. The Kier molecular flexibility index (Phi) is 3.69. The van der Waals surface area contributed by atoms with Crippen LogP contribution in [0.5, 0.6) is 0 Å². The second-order valence-corrected chi connectivity index (χ2v) is 5.98. The number of hydrogen-bond donors (Lipinski definition) is 2. The highest BCUT2D eigenvalue weighted by atomic mass is 16.5. The van der Waals surface area contributed by atoms with Crippen LogP contribution in [0.25, 0.3) is 0 Å². The molecule has 0 aliphatic carbocycles. The Labute approximate surface area is 112 Å². The molecule has 0 unspecified atom stereocenters. The molecule has 0 amide bonds. The molecule has 1 saturated heterocycles. The molecule has 1 aromatic heterocycles. The average molecular weight is 267 g/mol. The van der Waals surface area contributed by atoms with Gasteiger partial charge in [0, 0.05) is 18.5 Å². The van der Waals surface area contributed by atoms with E-state index < -0.39 is 11.4 Å². The molecule has 0 atom stereocenters. The second kappa shape index (κ2) is 4.98. The number of rotatable bonds is 6. The molecule has 1 aliphatic rings. The Bertz CT molecular complexity index is 460. The minimum absolute atomic E-state index is 0.168. The van der Waals surface area contributed by atoms with E-state index in [1.165, 1.54) is 0 Å². The van der Waals surface area contributed by atoms with Gasteiger partial charge in [-0.3, -0.25) is 4.79 Å². The van der Waals surface area contributed by atoms with Gasteiger partial charge in [-0.05, 0) is 19.1 Å². The fourth-order valence-corrected chi connectivity index (χ4v) is 2.15. The van der Waals surface area contributed by atoms with Gasteiger partial charge in [0.15, 0.2) is 0 Å². The molecule has 106 valence electrons. The summed E-state index contributed by atoms with van der Waals surface area (Å²) in [4.78, 5) is 11.2. The Morgan fingerprint density at radius 2 is 2.16 bits per heavy atom. The molecule has 2 heterocycles. The first-order valence-corrected chi connectivity index (χ1v) is 6.45. The first-order chi connectivity index (χ1) is 8.86. The predicted octanol–water partition coefficient (Wildman–Crippen LogP) is 1.56. The molecule has 5 heteroatoms. The van der Waals surface area contributed by atoms with Crippen molar-refractivity contribution in [3.63, 3.8) is 0 Å². The number of furan rings is 1. The Hall–Kier alpha value is -1.33. The number of aliphatic carboxylic acids is 1. The van der Waals surface area contributed by atoms with Crippen LogP contribution in [0.4, 0.5) is 0 Å². The van der Waals surface area contributed by atoms with Gasteiger partial charge in [-0.2, -0.15) is 0 Å². The summed E-state index contributed by atoms with van der Waals surface area (Å²) >= 11 is 0. The van der Waals surface area contributed by atoms with Crippen molar-refractivity contribution in [3.05, 3.63) is 23.7 Å². The molecule has 0 aromatic carbocycles. The molecule has 19 heavy (non-hydrogen) atoms. The topological polar surface area (TPSA) is 71.7 Å². The van der Waals surface area contributed by atoms with Gasteiger partial charge in [0.05, 0.1) is 13.2 Å². The maximum absolute atomic E-state index is 11.2. The van der Waals surface area contributed by atoms with Gasteiger partial charge in [-0.15, -0.1) is 0 Å². The molecule has 1 aromatic rings. The quantitative estimate of drug-likeness (QED) is 0.818. The maximum Gasteiger partial charge on any atom is 0.315 e. The van der Waals surface area contributed by atoms with Crippen molar-refractivity contribution < 1.29 is 19.1 Å². The largest absolute Gasteiger partial charge is 0.481 e. The van der Waals surface area contributed by atoms with Crippen molar-refractivity contribution >= 4 is 5.97 Å². The van der Waals surface area contributed by atoms with E-state index >= 15 is 0 Å². The van der Waals surface area contributed by atoms with Crippen LogP contribution in [0.2, 0.25) is 0 Å². The lowest BCUT2D eigenvalue weighted by Crippen LogP contribution is -2.56. The van der Waals surface area contributed by atoms with E-state index in [1.54, 1.807) is 0 Å². The molecule has 0 spiro atoms. The van der Waals surface area contributed by atoms with Crippen LogP contribution in [0, 0.1) is 12.3 Å². The summed E-state index contributed by atoms with van der Waals surface area (Å²) in [5.41, 5.74) is -0.923. The second-order valence-electron chi connectivity index (χ2n) is 5.98. The normalized spacial score (nSPS) is 18.1. The van der Waals surface area contributed by atoms with Crippen LogP contribution in [0.3, 0.4) is 0 Å². The van der Waals surface area contributed by atoms with Crippen molar-refractivity contribution in [1.82, 2.24) is 5.32 Å². The first kappa shape index (κ1) is 14.1. The summed E-state index contributed by atoms with van der Waals surface area (Å²) < 4.78 is 10.7. The summed E-state index contributed by atoms with van der Waals surface area (Å²) in [7, 11) is 0. The van der Waals surface area contributed by atoms with Gasteiger partial charge in [-0.25, -0.2) is 0 Å². The van der Waals surface area contributed by atoms with Crippen molar-refractivity contribution in [3.8, 4) is 0 Å². The minimum Gasteiger partial charge on any atom is -0.481 e. The zero-order chi connectivity index (χ0) is 14.1. The van der Waals surface area contributed by atoms with Gasteiger partial charge >= 0.3 is 5.97 Å². The van der Waals surface area contributed by atoms with E-state index in [2.05, 4.69) is 19.2 Å². The number of carbonyl (C=O) groups is 1. The predicted molar refractivity (Wildman–Crippen MR) is 70.2 cm³/mol. The van der Waals surface area contributed by atoms with Crippen molar-refractivity contribution in [2.75, 3.05) is 26.3 Å². The number of carboxylic acids is 1. The van der Waals surface area contributed by atoms with Gasteiger partial charge in [0.2, 0.25) is 0 Å². The van der Waals surface area contributed by atoms with E-state index in [1.807, 2.05) is 19.1 Å². The van der Waals surface area contributed by atoms with Crippen molar-refractivity contribution in [1.29, 1.82) is 0 Å². The molecular weight excluding hydrogens is 246 g/mol. The zero-order valence-electron chi connectivity index (χ0n) is 11.7. The molecule has 2 rings (SSSR count). The maximum atomic E-state index is 11.2. The molecule has 5 nitrogen and oxygen atoms in total.